The summed E-state index contributed by atoms with van der Waals surface area (Å²) in [6.07, 6.45) is 9.24. The molecule has 11 N–H and O–H groups in total. The Kier molecular flexibility index (Phi) is 19.1. The molecule has 25 nitrogen and oxygen atoms in total. The van der Waals surface area contributed by atoms with Gasteiger partial charge in [0.2, 0.25) is 15.9 Å². The molecule has 11 heterocycles. The number of hydrogen-bond donors (Lipinski definition) is 7. The SMILES string of the molecule is CC[C@H]1O[C@@H](n2cnc3c(N)nc(Cl)nc32)CC1C.CC[C@H]1O[C@H](Cl)CC1C.Nc1nc(Cl)nc2[n-]cnc12.Nc1nc(Cl)nc2c1ncn2[C@H]1CC(O)[C@@H](CO)O1.Nc1nc(Cl)nc2nc[nH]c12.[Na+]. The fraction of sp³-hybridized carbons (Fsp3) is 0.487. The molecule has 3 saturated heterocycles. The van der Waals surface area contributed by atoms with Gasteiger partial charge in [0.25, 0.3) is 0 Å². The number of nitrogens with zero attached hydrogens (tertiary/aromatic N) is 15. The maximum absolute atomic E-state index is 9.74. The van der Waals surface area contributed by atoms with Gasteiger partial charge in [0.15, 0.2) is 39.7 Å². The number of rotatable bonds is 5. The number of aromatic amines is 1. The molecule has 70 heavy (non-hydrogen) atoms. The molecule has 8 aromatic rings. The van der Waals surface area contributed by atoms with Crippen LogP contribution in [0.25, 0.3) is 44.7 Å². The van der Waals surface area contributed by atoms with Crippen molar-refractivity contribution in [2.75, 3.05) is 29.5 Å². The number of nitrogens with two attached hydrogens (primary N) is 4. The number of nitrogen functional groups attached to an aromatic ring is 4. The van der Waals surface area contributed by atoms with Crippen molar-refractivity contribution in [1.82, 2.24) is 78.9 Å². The normalized spacial score (nSPS) is 23.7. The molecule has 0 saturated carbocycles. The summed E-state index contributed by atoms with van der Waals surface area (Å²) in [4.78, 5) is 53.7. The number of nitrogens with one attached hydrogen (secondary N) is 1. The number of H-pyrrole nitrogens is 1. The Labute approximate surface area is 445 Å². The van der Waals surface area contributed by atoms with Gasteiger partial charge < -0.3 is 67.3 Å². The van der Waals surface area contributed by atoms with Gasteiger partial charge in [-0.05, 0) is 78.6 Å². The summed E-state index contributed by atoms with van der Waals surface area (Å²) in [5, 5.41) is 19.2. The summed E-state index contributed by atoms with van der Waals surface area (Å²) >= 11 is 28.4. The smallest absolute Gasteiger partial charge is 0.394 e. The number of alkyl halides is 1. The van der Waals surface area contributed by atoms with Crippen LogP contribution in [0, 0.1) is 11.8 Å². The van der Waals surface area contributed by atoms with Gasteiger partial charge in [-0.1, -0.05) is 50.9 Å². The fourth-order valence-electron chi connectivity index (χ4n) is 7.77. The topological polar surface area (TPSA) is 367 Å². The molecule has 9 atom stereocenters. The number of aliphatic hydroxyl groups is 2. The second kappa shape index (κ2) is 24.4. The van der Waals surface area contributed by atoms with Crippen molar-refractivity contribution in [3.8, 4) is 0 Å². The maximum atomic E-state index is 9.74. The molecule has 0 spiro atoms. The predicted molar refractivity (Wildman–Crippen MR) is 259 cm³/mol. The Balaban J connectivity index is 0.000000148. The van der Waals surface area contributed by atoms with Gasteiger partial charge in [0, 0.05) is 17.6 Å². The molecule has 11 rings (SSSR count). The van der Waals surface area contributed by atoms with E-state index in [1.165, 1.54) is 19.0 Å². The zero-order valence-corrected chi connectivity index (χ0v) is 44.1. The molecule has 0 bridgehead atoms. The number of anilines is 4. The second-order valence-corrected chi connectivity index (χ2v) is 17.7. The van der Waals surface area contributed by atoms with Gasteiger partial charge in [-0.25, -0.2) is 19.9 Å². The zero-order valence-electron chi connectivity index (χ0n) is 38.3. The molecule has 0 aromatic carbocycles. The van der Waals surface area contributed by atoms with Crippen LogP contribution < -0.4 is 57.5 Å². The van der Waals surface area contributed by atoms with Gasteiger partial charge in [-0.3, -0.25) is 9.13 Å². The Bertz CT molecular complexity index is 2820. The van der Waals surface area contributed by atoms with E-state index in [9.17, 15) is 5.11 Å². The van der Waals surface area contributed by atoms with E-state index >= 15 is 0 Å². The van der Waals surface area contributed by atoms with Crippen LogP contribution in [-0.2, 0) is 14.2 Å². The zero-order chi connectivity index (χ0) is 49.7. The average Bonchev–Trinajstić information content (AvgIpc) is 4.16. The molecule has 0 amide bonds. The van der Waals surface area contributed by atoms with Crippen LogP contribution in [0.15, 0.2) is 25.3 Å². The minimum Gasteiger partial charge on any atom is -0.394 e. The second-order valence-electron chi connectivity index (χ2n) is 15.9. The molecule has 3 unspecified atom stereocenters. The van der Waals surface area contributed by atoms with E-state index in [0.717, 1.165) is 25.7 Å². The van der Waals surface area contributed by atoms with Crippen LogP contribution in [0.5, 0.6) is 0 Å². The van der Waals surface area contributed by atoms with Crippen LogP contribution in [0.3, 0.4) is 0 Å². The first kappa shape index (κ1) is 55.0. The van der Waals surface area contributed by atoms with Crippen LogP contribution in [0.2, 0.25) is 21.1 Å². The van der Waals surface area contributed by atoms with E-state index < -0.39 is 18.4 Å². The van der Waals surface area contributed by atoms with Crippen LogP contribution in [-0.4, -0.2) is 121 Å². The average molecular weight is 1080 g/mol. The molecule has 3 aliphatic heterocycles. The summed E-state index contributed by atoms with van der Waals surface area (Å²) in [7, 11) is 0. The third-order valence-electron chi connectivity index (χ3n) is 11.2. The molecular weight excluding hydrogens is 1030 g/mol. The largest absolute Gasteiger partial charge is 1.00 e. The van der Waals surface area contributed by atoms with Crippen molar-refractivity contribution >= 4 is 126 Å². The van der Waals surface area contributed by atoms with E-state index in [0.29, 0.717) is 80.7 Å². The van der Waals surface area contributed by atoms with Crippen molar-refractivity contribution in [2.24, 2.45) is 11.8 Å². The van der Waals surface area contributed by atoms with E-state index in [-0.39, 0.29) is 86.8 Å². The number of halogens is 5. The third kappa shape index (κ3) is 12.8. The molecule has 3 aliphatic rings. The quantitative estimate of drug-likeness (QED) is 0.0738. The van der Waals surface area contributed by atoms with Crippen molar-refractivity contribution in [3.05, 3.63) is 46.4 Å². The summed E-state index contributed by atoms with van der Waals surface area (Å²) in [6, 6.07) is 0. The van der Waals surface area contributed by atoms with E-state index in [1.807, 2.05) is 4.57 Å². The first-order valence-corrected chi connectivity index (χ1v) is 23.3. The number of imidazole rings is 4. The number of fused-ring (bicyclic) bond motifs is 4. The summed E-state index contributed by atoms with van der Waals surface area (Å²) in [5.41, 5.74) is 26.5. The van der Waals surface area contributed by atoms with Crippen molar-refractivity contribution in [3.63, 3.8) is 0 Å². The number of aromatic nitrogens is 16. The molecule has 3 fully saturated rings. The molecule has 0 radical (unpaired) electrons. The predicted octanol–water partition coefficient (Wildman–Crippen LogP) is 2.29. The molecular formula is C39H48Cl5N20NaO5. The Morgan fingerprint density at radius 3 is 1.67 bits per heavy atom. The summed E-state index contributed by atoms with van der Waals surface area (Å²) in [6.45, 7) is 8.41. The standard InChI is InChI=1S/C12H16ClN5O.C10H12ClN5O3.C7H13ClO.C5H4ClN5.C5H3ClN5.Na/c1-3-7-6(2)4-8(19-7)18-5-15-9-10(14)16-12(13)17-11(9)18;11-10-14-8(12)7-9(15-10)16(3-13-7)6-1-4(18)5(2-17)19-6;1-3-6-5(2)4-7(8)9-6;2*6-5-10-3(7)2-4(11-5)9-1-8-2;/h5-8H,3-4H2,1-2H3,(H2,14,16,17);3-6,17-18H,1-2H2,(H2,12,14,15);5-7H,3-4H2,1-2H3;1H,(H3,7,8,9,10,11);1H,(H2-,7,8,9,10,11);/q;;;;-1;+1/t6?,7-,8-;4?,5-,6-;5?,6-,7+;;;/m111.../s1. The van der Waals surface area contributed by atoms with Gasteiger partial charge in [-0.2, -0.15) is 29.9 Å². The monoisotopic (exact) mass is 1070 g/mol. The minimum absolute atomic E-state index is 0. The van der Waals surface area contributed by atoms with Crippen molar-refractivity contribution < 1.29 is 54.0 Å². The fourth-order valence-corrected chi connectivity index (χ4v) is 8.87. The van der Waals surface area contributed by atoms with Gasteiger partial charge in [0.05, 0.1) is 43.9 Å². The van der Waals surface area contributed by atoms with E-state index in [4.69, 9.17) is 100 Å². The van der Waals surface area contributed by atoms with Crippen LogP contribution in [0.1, 0.15) is 72.3 Å². The van der Waals surface area contributed by atoms with Gasteiger partial charge in [-0.15, -0.1) is 0 Å². The van der Waals surface area contributed by atoms with Crippen LogP contribution in [0.4, 0.5) is 23.3 Å². The summed E-state index contributed by atoms with van der Waals surface area (Å²) < 4.78 is 20.5. The molecule has 31 heteroatoms. The maximum Gasteiger partial charge on any atom is 1.00 e. The number of aliphatic hydroxyl groups excluding tert-OH is 2. The van der Waals surface area contributed by atoms with E-state index in [1.54, 1.807) is 10.9 Å². The third-order valence-corrected chi connectivity index (χ3v) is 12.2. The number of hydrogen-bond acceptors (Lipinski definition) is 21. The minimum atomic E-state index is -0.734. The van der Waals surface area contributed by atoms with Crippen molar-refractivity contribution in [2.45, 2.75) is 102 Å². The van der Waals surface area contributed by atoms with E-state index in [2.05, 4.69) is 97.5 Å². The van der Waals surface area contributed by atoms with Gasteiger partial charge >= 0.3 is 29.6 Å². The van der Waals surface area contributed by atoms with Gasteiger partial charge in [0.1, 0.15) is 46.5 Å². The first-order valence-electron chi connectivity index (χ1n) is 21.4. The van der Waals surface area contributed by atoms with Crippen molar-refractivity contribution in [1.29, 1.82) is 0 Å². The Hall–Kier alpha value is -4.35. The Morgan fingerprint density at radius 2 is 1.16 bits per heavy atom. The Morgan fingerprint density at radius 1 is 0.657 bits per heavy atom. The number of ether oxygens (including phenoxy) is 3. The molecule has 370 valence electrons. The molecule has 8 aromatic heterocycles. The first-order chi connectivity index (χ1) is 33.0. The summed E-state index contributed by atoms with van der Waals surface area (Å²) in [5.74, 6) is 2.23. The molecule has 0 aliphatic carbocycles. The van der Waals surface area contributed by atoms with Crippen LogP contribution >= 0.6 is 58.0 Å².